The van der Waals surface area contributed by atoms with Crippen molar-refractivity contribution in [3.05, 3.63) is 0 Å². The quantitative estimate of drug-likeness (QED) is 0.540. The van der Waals surface area contributed by atoms with E-state index < -0.39 is 10.0 Å². The van der Waals surface area contributed by atoms with E-state index in [1.807, 2.05) is 13.8 Å². The molecule has 0 heterocycles. The molecular formula is C8H19N3O3S. The second-order valence-electron chi connectivity index (χ2n) is 3.11. The van der Waals surface area contributed by atoms with E-state index in [4.69, 9.17) is 5.14 Å². The van der Waals surface area contributed by atoms with Gasteiger partial charge in [-0.25, -0.2) is 13.6 Å². The first kappa shape index (κ1) is 14.3. The summed E-state index contributed by atoms with van der Waals surface area (Å²) in [6, 6.07) is 0. The molecule has 0 aromatic carbocycles. The fraction of sp³-hybridized carbons (Fsp3) is 0.875. The number of nitrogens with zero attached hydrogens (tertiary/aromatic N) is 1. The summed E-state index contributed by atoms with van der Waals surface area (Å²) in [6.45, 7) is 5.46. The Kier molecular flexibility index (Phi) is 6.46. The summed E-state index contributed by atoms with van der Waals surface area (Å²) in [7, 11) is -3.44. The van der Waals surface area contributed by atoms with Gasteiger partial charge in [-0.1, -0.05) is 0 Å². The Bertz CT molecular complexity index is 286. The lowest BCUT2D eigenvalue weighted by molar-refractivity contribution is -0.129. The highest BCUT2D eigenvalue weighted by Crippen LogP contribution is 1.87. The predicted octanol–water partition coefficient (Wildman–Crippen LogP) is -1.27. The average Bonchev–Trinajstić information content (AvgIpc) is 2.13. The average molecular weight is 237 g/mol. The molecule has 0 aromatic heterocycles. The fourth-order valence-electron chi connectivity index (χ4n) is 1.10. The number of carbonyl (C=O) groups is 1. The maximum atomic E-state index is 11.4. The van der Waals surface area contributed by atoms with Gasteiger partial charge in [0.2, 0.25) is 15.9 Å². The van der Waals surface area contributed by atoms with Crippen LogP contribution in [-0.2, 0) is 14.8 Å². The monoisotopic (exact) mass is 237 g/mol. The highest BCUT2D eigenvalue weighted by atomic mass is 32.2. The van der Waals surface area contributed by atoms with Crippen LogP contribution in [0.15, 0.2) is 0 Å². The minimum atomic E-state index is -3.44. The van der Waals surface area contributed by atoms with Crippen molar-refractivity contribution >= 4 is 15.9 Å². The molecule has 7 heteroatoms. The summed E-state index contributed by atoms with van der Waals surface area (Å²) < 4.78 is 21.1. The molecule has 1 amide bonds. The molecule has 0 aliphatic rings. The molecule has 0 spiro atoms. The van der Waals surface area contributed by atoms with Crippen LogP contribution in [0.5, 0.6) is 0 Å². The summed E-state index contributed by atoms with van der Waals surface area (Å²) in [5, 5.41) is 7.54. The molecule has 0 rings (SSSR count). The lowest BCUT2D eigenvalue weighted by Crippen LogP contribution is -2.39. The van der Waals surface area contributed by atoms with E-state index in [2.05, 4.69) is 5.32 Å². The molecule has 0 unspecified atom stereocenters. The summed E-state index contributed by atoms with van der Waals surface area (Å²) in [5.41, 5.74) is 0. The molecule has 15 heavy (non-hydrogen) atoms. The van der Waals surface area contributed by atoms with Crippen LogP contribution in [0.2, 0.25) is 0 Å². The van der Waals surface area contributed by atoms with Crippen LogP contribution in [0.1, 0.15) is 13.8 Å². The van der Waals surface area contributed by atoms with Crippen LogP contribution in [0.4, 0.5) is 0 Å². The van der Waals surface area contributed by atoms with Gasteiger partial charge >= 0.3 is 0 Å². The minimum absolute atomic E-state index is 0.0329. The lowest BCUT2D eigenvalue weighted by Gasteiger charge is -2.18. The van der Waals surface area contributed by atoms with Crippen LogP contribution < -0.4 is 10.5 Å². The zero-order valence-corrected chi connectivity index (χ0v) is 10.0. The standard InChI is InChI=1S/C8H19N3O3S/c1-3-11(4-2)8(12)7-10-5-6-15(9,13)14/h10H,3-7H2,1-2H3,(H2,9,13,14). The van der Waals surface area contributed by atoms with Crippen molar-refractivity contribution in [2.75, 3.05) is 31.9 Å². The van der Waals surface area contributed by atoms with E-state index in [9.17, 15) is 13.2 Å². The Morgan fingerprint density at radius 3 is 2.27 bits per heavy atom. The van der Waals surface area contributed by atoms with Gasteiger partial charge in [-0.3, -0.25) is 4.79 Å². The smallest absolute Gasteiger partial charge is 0.236 e. The van der Waals surface area contributed by atoms with E-state index in [-0.39, 0.29) is 24.7 Å². The second-order valence-corrected chi connectivity index (χ2v) is 4.84. The number of hydrogen-bond donors (Lipinski definition) is 2. The maximum Gasteiger partial charge on any atom is 0.236 e. The van der Waals surface area contributed by atoms with Crippen LogP contribution >= 0.6 is 0 Å². The number of hydrogen-bond acceptors (Lipinski definition) is 4. The normalized spacial score (nSPS) is 11.4. The lowest BCUT2D eigenvalue weighted by atomic mass is 10.4. The highest BCUT2D eigenvalue weighted by molar-refractivity contribution is 7.89. The molecule has 3 N–H and O–H groups in total. The summed E-state index contributed by atoms with van der Waals surface area (Å²) >= 11 is 0. The van der Waals surface area contributed by atoms with Gasteiger partial charge in [0.25, 0.3) is 0 Å². The largest absolute Gasteiger partial charge is 0.342 e. The predicted molar refractivity (Wildman–Crippen MR) is 58.8 cm³/mol. The first-order valence-electron chi connectivity index (χ1n) is 4.89. The molecule has 0 aliphatic carbocycles. The van der Waals surface area contributed by atoms with Gasteiger partial charge in [-0.15, -0.1) is 0 Å². The first-order valence-corrected chi connectivity index (χ1v) is 6.61. The van der Waals surface area contributed by atoms with Crippen LogP contribution in [0.25, 0.3) is 0 Å². The molecule has 0 fully saturated rings. The zero-order valence-electron chi connectivity index (χ0n) is 9.19. The van der Waals surface area contributed by atoms with Gasteiger partial charge in [0.15, 0.2) is 0 Å². The first-order chi connectivity index (χ1) is 6.90. The number of primary sulfonamides is 1. The fourth-order valence-corrected chi connectivity index (χ4v) is 1.53. The van der Waals surface area contributed by atoms with E-state index in [0.29, 0.717) is 13.1 Å². The molecule has 0 aliphatic heterocycles. The number of amides is 1. The third kappa shape index (κ3) is 7.29. The molecular weight excluding hydrogens is 218 g/mol. The Morgan fingerprint density at radius 1 is 1.33 bits per heavy atom. The van der Waals surface area contributed by atoms with Gasteiger partial charge in [0, 0.05) is 19.6 Å². The van der Waals surface area contributed by atoms with Crippen molar-refractivity contribution in [3.63, 3.8) is 0 Å². The van der Waals surface area contributed by atoms with Crippen LogP contribution in [0.3, 0.4) is 0 Å². The number of rotatable bonds is 7. The molecule has 6 nitrogen and oxygen atoms in total. The van der Waals surface area contributed by atoms with Gasteiger partial charge in [0.05, 0.1) is 12.3 Å². The Balaban J connectivity index is 3.73. The summed E-state index contributed by atoms with van der Waals surface area (Å²) in [5.74, 6) is -0.187. The van der Waals surface area contributed by atoms with Crippen molar-refractivity contribution < 1.29 is 13.2 Å². The Hall–Kier alpha value is -0.660. The molecule has 90 valence electrons. The van der Waals surface area contributed by atoms with E-state index in [1.165, 1.54) is 0 Å². The number of likely N-dealkylation sites (N-methyl/N-ethyl adjacent to an activating group) is 1. The SMILES string of the molecule is CCN(CC)C(=O)CNCCS(N)(=O)=O. The second kappa shape index (κ2) is 6.76. The number of sulfonamides is 1. The molecule has 0 radical (unpaired) electrons. The molecule has 0 aromatic rings. The summed E-state index contributed by atoms with van der Waals surface area (Å²) in [6.07, 6.45) is 0. The van der Waals surface area contributed by atoms with Gasteiger partial charge < -0.3 is 10.2 Å². The van der Waals surface area contributed by atoms with Gasteiger partial charge in [0.1, 0.15) is 0 Å². The third-order valence-corrected chi connectivity index (χ3v) is 2.73. The number of nitrogens with one attached hydrogen (secondary N) is 1. The van der Waals surface area contributed by atoms with Gasteiger partial charge in [-0.05, 0) is 13.8 Å². The zero-order chi connectivity index (χ0) is 11.9. The van der Waals surface area contributed by atoms with Crippen molar-refractivity contribution in [2.24, 2.45) is 5.14 Å². The number of nitrogens with two attached hydrogens (primary N) is 1. The van der Waals surface area contributed by atoms with E-state index in [1.54, 1.807) is 4.90 Å². The van der Waals surface area contributed by atoms with Crippen molar-refractivity contribution in [3.8, 4) is 0 Å². The van der Waals surface area contributed by atoms with E-state index in [0.717, 1.165) is 0 Å². The maximum absolute atomic E-state index is 11.4. The Labute approximate surface area is 90.9 Å². The van der Waals surface area contributed by atoms with Crippen molar-refractivity contribution in [1.29, 1.82) is 0 Å². The molecule has 0 atom stereocenters. The Morgan fingerprint density at radius 2 is 1.87 bits per heavy atom. The van der Waals surface area contributed by atoms with Gasteiger partial charge in [-0.2, -0.15) is 0 Å². The van der Waals surface area contributed by atoms with Crippen molar-refractivity contribution in [1.82, 2.24) is 10.2 Å². The number of carbonyl (C=O) groups excluding carboxylic acids is 1. The molecule has 0 bridgehead atoms. The molecule has 0 saturated heterocycles. The topological polar surface area (TPSA) is 92.5 Å². The van der Waals surface area contributed by atoms with Crippen LogP contribution in [-0.4, -0.2) is 51.2 Å². The van der Waals surface area contributed by atoms with Crippen molar-refractivity contribution in [2.45, 2.75) is 13.8 Å². The minimum Gasteiger partial charge on any atom is -0.342 e. The summed E-state index contributed by atoms with van der Waals surface area (Å²) in [4.78, 5) is 13.1. The molecule has 0 saturated carbocycles. The van der Waals surface area contributed by atoms with Crippen LogP contribution in [0, 0.1) is 0 Å². The highest BCUT2D eigenvalue weighted by Gasteiger charge is 2.09. The van der Waals surface area contributed by atoms with E-state index >= 15 is 0 Å². The third-order valence-electron chi connectivity index (χ3n) is 1.96.